The highest BCUT2D eigenvalue weighted by Crippen LogP contribution is 2.27. The van der Waals surface area contributed by atoms with Crippen LogP contribution < -0.4 is 5.32 Å². The van der Waals surface area contributed by atoms with Crippen molar-refractivity contribution in [1.29, 1.82) is 0 Å². The lowest BCUT2D eigenvalue weighted by molar-refractivity contribution is -0.148. The van der Waals surface area contributed by atoms with E-state index >= 15 is 0 Å². The van der Waals surface area contributed by atoms with Crippen LogP contribution in [-0.2, 0) is 14.4 Å². The quantitative estimate of drug-likeness (QED) is 0.798. The maximum absolute atomic E-state index is 13.1. The van der Waals surface area contributed by atoms with E-state index in [-0.39, 0.29) is 35.6 Å². The summed E-state index contributed by atoms with van der Waals surface area (Å²) < 4.78 is 0. The average molecular weight is 394 g/mol. The number of nitrogens with one attached hydrogen (secondary N) is 1. The van der Waals surface area contributed by atoms with Crippen LogP contribution in [0.5, 0.6) is 0 Å². The third-order valence-corrected chi connectivity index (χ3v) is 6.08. The summed E-state index contributed by atoms with van der Waals surface area (Å²) in [6, 6.07) is -0.516. The minimum absolute atomic E-state index is 0.0102. The molecule has 0 spiro atoms. The van der Waals surface area contributed by atoms with Crippen LogP contribution in [0, 0.1) is 17.3 Å². The standard InChI is InChI=1S/C22H39N3O3/c1-15(2)18(23-21(28)22(4,5)6)20(27)24-12-13-25(16(3)14-24)19(26)17-10-8-7-9-11-17/h15-18H,7-14H2,1-6H3,(H,23,28). The summed E-state index contributed by atoms with van der Waals surface area (Å²) in [5, 5.41) is 2.94. The number of rotatable bonds is 4. The normalized spacial score (nSPS) is 22.9. The zero-order chi connectivity index (χ0) is 21.1. The summed E-state index contributed by atoms with van der Waals surface area (Å²) in [7, 11) is 0. The van der Waals surface area contributed by atoms with Gasteiger partial charge in [-0.1, -0.05) is 53.9 Å². The Labute approximate surface area is 170 Å². The average Bonchev–Trinajstić information content (AvgIpc) is 2.64. The molecule has 1 heterocycles. The van der Waals surface area contributed by atoms with Crippen molar-refractivity contribution < 1.29 is 14.4 Å². The second kappa shape index (κ2) is 9.27. The summed E-state index contributed by atoms with van der Waals surface area (Å²) in [5.41, 5.74) is -0.536. The van der Waals surface area contributed by atoms with Gasteiger partial charge in [0.25, 0.3) is 0 Å². The third kappa shape index (κ3) is 5.48. The Morgan fingerprint density at radius 2 is 1.61 bits per heavy atom. The molecule has 0 aromatic rings. The molecular formula is C22H39N3O3. The van der Waals surface area contributed by atoms with Gasteiger partial charge in [0.05, 0.1) is 0 Å². The van der Waals surface area contributed by atoms with Gasteiger partial charge in [-0.05, 0) is 25.7 Å². The van der Waals surface area contributed by atoms with E-state index in [1.165, 1.54) is 6.42 Å². The van der Waals surface area contributed by atoms with E-state index in [2.05, 4.69) is 5.32 Å². The van der Waals surface area contributed by atoms with Crippen molar-refractivity contribution in [2.75, 3.05) is 19.6 Å². The molecule has 6 heteroatoms. The van der Waals surface area contributed by atoms with Crippen LogP contribution in [0.25, 0.3) is 0 Å². The molecule has 2 unspecified atom stereocenters. The van der Waals surface area contributed by atoms with Gasteiger partial charge in [0, 0.05) is 37.0 Å². The Balaban J connectivity index is 1.99. The van der Waals surface area contributed by atoms with Gasteiger partial charge in [0.15, 0.2) is 0 Å². The fourth-order valence-corrected chi connectivity index (χ4v) is 4.14. The second-order valence-corrected chi connectivity index (χ2v) is 9.94. The minimum Gasteiger partial charge on any atom is -0.344 e. The van der Waals surface area contributed by atoms with Gasteiger partial charge in [-0.25, -0.2) is 0 Å². The molecule has 1 saturated carbocycles. The molecule has 1 aliphatic heterocycles. The van der Waals surface area contributed by atoms with Crippen molar-refractivity contribution in [2.24, 2.45) is 17.3 Å². The van der Waals surface area contributed by atoms with Gasteiger partial charge < -0.3 is 15.1 Å². The molecule has 28 heavy (non-hydrogen) atoms. The smallest absolute Gasteiger partial charge is 0.245 e. The lowest BCUT2D eigenvalue weighted by Crippen LogP contribution is -2.61. The summed E-state index contributed by atoms with van der Waals surface area (Å²) in [6.45, 7) is 13.1. The van der Waals surface area contributed by atoms with Crippen LogP contribution in [-0.4, -0.2) is 59.2 Å². The minimum atomic E-state index is -0.536. The molecule has 3 amide bonds. The van der Waals surface area contributed by atoms with Gasteiger partial charge in [0.1, 0.15) is 6.04 Å². The maximum atomic E-state index is 13.1. The number of hydrogen-bond acceptors (Lipinski definition) is 3. The molecule has 0 radical (unpaired) electrons. The Hall–Kier alpha value is -1.59. The summed E-state index contributed by atoms with van der Waals surface area (Å²) >= 11 is 0. The van der Waals surface area contributed by atoms with Crippen molar-refractivity contribution in [3.63, 3.8) is 0 Å². The number of carbonyl (C=O) groups excluding carboxylic acids is 3. The van der Waals surface area contributed by atoms with Crippen LogP contribution in [0.1, 0.15) is 73.6 Å². The molecule has 0 aromatic carbocycles. The van der Waals surface area contributed by atoms with Crippen molar-refractivity contribution in [3.8, 4) is 0 Å². The van der Waals surface area contributed by atoms with Crippen LogP contribution >= 0.6 is 0 Å². The first-order valence-electron chi connectivity index (χ1n) is 10.9. The van der Waals surface area contributed by atoms with Gasteiger partial charge in [-0.2, -0.15) is 0 Å². The lowest BCUT2D eigenvalue weighted by atomic mass is 9.87. The highest BCUT2D eigenvalue weighted by atomic mass is 16.2. The van der Waals surface area contributed by atoms with Crippen LogP contribution in [0.3, 0.4) is 0 Å². The monoisotopic (exact) mass is 393 g/mol. The van der Waals surface area contributed by atoms with E-state index in [0.29, 0.717) is 19.6 Å². The number of piperazine rings is 1. The molecule has 0 bridgehead atoms. The van der Waals surface area contributed by atoms with Crippen molar-refractivity contribution in [3.05, 3.63) is 0 Å². The first-order chi connectivity index (χ1) is 13.0. The number of hydrogen-bond donors (Lipinski definition) is 1. The van der Waals surface area contributed by atoms with E-state index in [1.54, 1.807) is 0 Å². The molecule has 160 valence electrons. The van der Waals surface area contributed by atoms with Crippen molar-refractivity contribution in [2.45, 2.75) is 85.7 Å². The van der Waals surface area contributed by atoms with Crippen LogP contribution in [0.2, 0.25) is 0 Å². The molecule has 1 aliphatic carbocycles. The molecule has 1 saturated heterocycles. The Kier molecular flexibility index (Phi) is 7.52. The highest BCUT2D eigenvalue weighted by molar-refractivity contribution is 5.90. The molecule has 2 atom stereocenters. The Morgan fingerprint density at radius 1 is 1.00 bits per heavy atom. The first-order valence-corrected chi connectivity index (χ1v) is 10.9. The number of nitrogens with zero attached hydrogens (tertiary/aromatic N) is 2. The first kappa shape index (κ1) is 22.7. The van der Waals surface area contributed by atoms with E-state index in [1.807, 2.05) is 51.3 Å². The second-order valence-electron chi connectivity index (χ2n) is 9.94. The fraction of sp³-hybridized carbons (Fsp3) is 0.864. The van der Waals surface area contributed by atoms with E-state index in [0.717, 1.165) is 25.7 Å². The fourth-order valence-electron chi connectivity index (χ4n) is 4.14. The SMILES string of the molecule is CC(C)C(NC(=O)C(C)(C)C)C(=O)N1CCN(C(=O)C2CCCCC2)C(C)C1. The summed E-state index contributed by atoms with van der Waals surface area (Å²) in [6.07, 6.45) is 5.52. The highest BCUT2D eigenvalue weighted by Gasteiger charge is 2.37. The summed E-state index contributed by atoms with van der Waals surface area (Å²) in [5.74, 6) is 0.285. The van der Waals surface area contributed by atoms with Gasteiger partial charge >= 0.3 is 0 Å². The molecule has 0 aromatic heterocycles. The molecule has 2 fully saturated rings. The van der Waals surface area contributed by atoms with E-state index in [4.69, 9.17) is 0 Å². The summed E-state index contributed by atoms with van der Waals surface area (Å²) in [4.78, 5) is 42.2. The predicted octanol–water partition coefficient (Wildman–Crippen LogP) is 2.81. The number of amides is 3. The molecule has 2 aliphatic rings. The van der Waals surface area contributed by atoms with Crippen LogP contribution in [0.4, 0.5) is 0 Å². The largest absolute Gasteiger partial charge is 0.344 e. The van der Waals surface area contributed by atoms with E-state index < -0.39 is 11.5 Å². The van der Waals surface area contributed by atoms with Gasteiger partial charge in [-0.15, -0.1) is 0 Å². The zero-order valence-corrected chi connectivity index (χ0v) is 18.6. The molecule has 1 N–H and O–H groups in total. The molecular weight excluding hydrogens is 354 g/mol. The Morgan fingerprint density at radius 3 is 2.11 bits per heavy atom. The zero-order valence-electron chi connectivity index (χ0n) is 18.6. The van der Waals surface area contributed by atoms with Gasteiger partial charge in [0.2, 0.25) is 17.7 Å². The van der Waals surface area contributed by atoms with E-state index in [9.17, 15) is 14.4 Å². The van der Waals surface area contributed by atoms with Crippen LogP contribution in [0.15, 0.2) is 0 Å². The van der Waals surface area contributed by atoms with Crippen molar-refractivity contribution in [1.82, 2.24) is 15.1 Å². The maximum Gasteiger partial charge on any atom is 0.245 e. The van der Waals surface area contributed by atoms with Gasteiger partial charge in [-0.3, -0.25) is 14.4 Å². The lowest BCUT2D eigenvalue weighted by Gasteiger charge is -2.43. The number of carbonyl (C=O) groups is 3. The van der Waals surface area contributed by atoms with Crippen molar-refractivity contribution >= 4 is 17.7 Å². The topological polar surface area (TPSA) is 69.7 Å². The molecule has 6 nitrogen and oxygen atoms in total. The predicted molar refractivity (Wildman–Crippen MR) is 111 cm³/mol. The Bertz CT molecular complexity index is 576. The third-order valence-electron chi connectivity index (χ3n) is 6.08. The molecule has 2 rings (SSSR count).